The molecule has 0 aromatic rings. The maximum absolute atomic E-state index is 12.2. The Morgan fingerprint density at radius 1 is 1.12 bits per heavy atom. The van der Waals surface area contributed by atoms with Crippen molar-refractivity contribution >= 4 is 11.8 Å². The molecule has 2 atom stereocenters. The fourth-order valence-electron chi connectivity index (χ4n) is 3.24. The maximum Gasteiger partial charge on any atom is 0.241 e. The molecular formula is C18H35N3O3. The summed E-state index contributed by atoms with van der Waals surface area (Å²) in [6.45, 7) is 5.45. The molecule has 1 fully saturated rings. The van der Waals surface area contributed by atoms with Gasteiger partial charge in [0.1, 0.15) is 6.04 Å². The van der Waals surface area contributed by atoms with Gasteiger partial charge >= 0.3 is 0 Å². The van der Waals surface area contributed by atoms with Gasteiger partial charge in [0.05, 0.1) is 6.10 Å². The molecule has 0 aromatic heterocycles. The second kappa shape index (κ2) is 11.4. The number of hydrogen-bond donors (Lipinski definition) is 2. The summed E-state index contributed by atoms with van der Waals surface area (Å²) < 4.78 is 0. The van der Waals surface area contributed by atoms with Gasteiger partial charge < -0.3 is 10.8 Å². The number of amides is 2. The number of primary amides is 1. The summed E-state index contributed by atoms with van der Waals surface area (Å²) in [5.74, 6) is -0.467. The minimum atomic E-state index is -0.552. The summed E-state index contributed by atoms with van der Waals surface area (Å²) in [6.07, 6.45) is 8.39. The van der Waals surface area contributed by atoms with Crippen molar-refractivity contribution in [1.82, 2.24) is 10.0 Å². The second-order valence-electron chi connectivity index (χ2n) is 6.79. The number of nitrogens with two attached hydrogens (primary N) is 1. The van der Waals surface area contributed by atoms with Gasteiger partial charge in [-0.25, -0.2) is 5.01 Å². The van der Waals surface area contributed by atoms with E-state index in [-0.39, 0.29) is 12.0 Å². The zero-order valence-corrected chi connectivity index (χ0v) is 15.4. The Morgan fingerprint density at radius 3 is 2.33 bits per heavy atom. The highest BCUT2D eigenvalue weighted by Crippen LogP contribution is 2.21. The quantitative estimate of drug-likeness (QED) is 0.503. The van der Waals surface area contributed by atoms with E-state index in [4.69, 9.17) is 5.73 Å². The minimum absolute atomic E-state index is 0.0317. The number of aliphatic hydroxyl groups is 1. The van der Waals surface area contributed by atoms with Gasteiger partial charge in [-0.2, -0.15) is 0 Å². The lowest BCUT2D eigenvalue weighted by molar-refractivity contribution is -0.150. The standard InChI is InChI=1S/C18H35N3O3/c1-3-5-7-9-15(22)11-13-20-14-12-17(23)21(20)16(18(19)24)10-8-6-4-2/h15-16,22H,3-14H2,1-2H3,(H2,19,24). The molecule has 1 aliphatic heterocycles. The fourth-order valence-corrected chi connectivity index (χ4v) is 3.24. The van der Waals surface area contributed by atoms with Crippen LogP contribution in [0, 0.1) is 0 Å². The molecule has 0 radical (unpaired) electrons. The van der Waals surface area contributed by atoms with E-state index in [1.54, 1.807) is 5.01 Å². The summed E-state index contributed by atoms with van der Waals surface area (Å²) in [5, 5.41) is 13.6. The van der Waals surface area contributed by atoms with Gasteiger partial charge in [0.15, 0.2) is 0 Å². The lowest BCUT2D eigenvalue weighted by Gasteiger charge is -2.34. The van der Waals surface area contributed by atoms with Crippen molar-refractivity contribution in [2.24, 2.45) is 5.73 Å². The average molecular weight is 341 g/mol. The normalized spacial score (nSPS) is 18.1. The number of hydrogen-bond acceptors (Lipinski definition) is 4. The van der Waals surface area contributed by atoms with Gasteiger partial charge in [0.25, 0.3) is 0 Å². The van der Waals surface area contributed by atoms with Crippen LogP contribution in [0.2, 0.25) is 0 Å². The molecule has 0 saturated carbocycles. The van der Waals surface area contributed by atoms with Crippen molar-refractivity contribution < 1.29 is 14.7 Å². The smallest absolute Gasteiger partial charge is 0.241 e. The topological polar surface area (TPSA) is 86.9 Å². The maximum atomic E-state index is 12.2. The lowest BCUT2D eigenvalue weighted by atomic mass is 10.1. The van der Waals surface area contributed by atoms with Crippen molar-refractivity contribution in [3.63, 3.8) is 0 Å². The van der Waals surface area contributed by atoms with Crippen LogP contribution in [0.4, 0.5) is 0 Å². The van der Waals surface area contributed by atoms with E-state index >= 15 is 0 Å². The van der Waals surface area contributed by atoms with E-state index in [2.05, 4.69) is 13.8 Å². The largest absolute Gasteiger partial charge is 0.393 e. The molecule has 1 rings (SSSR count). The Kier molecular flexibility index (Phi) is 9.95. The van der Waals surface area contributed by atoms with E-state index < -0.39 is 11.9 Å². The number of carbonyl (C=O) groups is 2. The van der Waals surface area contributed by atoms with Crippen LogP contribution in [0.1, 0.15) is 78.1 Å². The fraction of sp³-hybridized carbons (Fsp3) is 0.889. The first-order valence-electron chi connectivity index (χ1n) is 9.55. The van der Waals surface area contributed by atoms with Crippen LogP contribution in [0.5, 0.6) is 0 Å². The molecule has 0 spiro atoms. The molecule has 24 heavy (non-hydrogen) atoms. The first-order valence-corrected chi connectivity index (χ1v) is 9.55. The van der Waals surface area contributed by atoms with E-state index in [1.165, 1.54) is 0 Å². The van der Waals surface area contributed by atoms with Crippen LogP contribution >= 0.6 is 0 Å². The number of aliphatic hydroxyl groups excluding tert-OH is 1. The minimum Gasteiger partial charge on any atom is -0.393 e. The van der Waals surface area contributed by atoms with Gasteiger partial charge in [-0.3, -0.25) is 14.6 Å². The molecule has 1 heterocycles. The third-order valence-corrected chi connectivity index (χ3v) is 4.71. The Labute approximate surface area is 146 Å². The van der Waals surface area contributed by atoms with Crippen molar-refractivity contribution in [3.8, 4) is 0 Å². The monoisotopic (exact) mass is 341 g/mol. The number of carbonyl (C=O) groups excluding carboxylic acids is 2. The Bertz CT molecular complexity index is 390. The SMILES string of the molecule is CCCCCC(O)CCN1CCC(=O)N1C(CCCCC)C(N)=O. The lowest BCUT2D eigenvalue weighted by Crippen LogP contribution is -2.52. The molecule has 3 N–H and O–H groups in total. The molecule has 6 heteroatoms. The highest BCUT2D eigenvalue weighted by atomic mass is 16.3. The molecule has 0 aromatic carbocycles. The van der Waals surface area contributed by atoms with Gasteiger partial charge in [-0.15, -0.1) is 0 Å². The van der Waals surface area contributed by atoms with E-state index in [9.17, 15) is 14.7 Å². The summed E-state index contributed by atoms with van der Waals surface area (Å²) >= 11 is 0. The second-order valence-corrected chi connectivity index (χ2v) is 6.79. The highest BCUT2D eigenvalue weighted by Gasteiger charge is 2.37. The Hall–Kier alpha value is -1.14. The zero-order chi connectivity index (χ0) is 17.9. The zero-order valence-electron chi connectivity index (χ0n) is 15.4. The molecule has 2 amide bonds. The number of nitrogens with zero attached hydrogens (tertiary/aromatic N) is 2. The van der Waals surface area contributed by atoms with Crippen LogP contribution in [-0.2, 0) is 9.59 Å². The van der Waals surface area contributed by atoms with E-state index in [0.29, 0.717) is 32.4 Å². The van der Waals surface area contributed by atoms with Crippen molar-refractivity contribution in [3.05, 3.63) is 0 Å². The van der Waals surface area contributed by atoms with Gasteiger partial charge in [-0.05, 0) is 19.3 Å². The summed E-state index contributed by atoms with van der Waals surface area (Å²) in [6, 6.07) is -0.552. The molecule has 0 aliphatic carbocycles. The summed E-state index contributed by atoms with van der Waals surface area (Å²) in [7, 11) is 0. The molecule has 1 aliphatic rings. The third kappa shape index (κ3) is 6.77. The van der Waals surface area contributed by atoms with E-state index in [0.717, 1.165) is 44.9 Å². The summed E-state index contributed by atoms with van der Waals surface area (Å²) in [4.78, 5) is 24.1. The molecule has 2 unspecified atom stereocenters. The van der Waals surface area contributed by atoms with Crippen LogP contribution < -0.4 is 5.73 Å². The molecule has 6 nitrogen and oxygen atoms in total. The predicted octanol–water partition coefficient (Wildman–Crippen LogP) is 2.20. The number of hydrazine groups is 1. The average Bonchev–Trinajstić information content (AvgIpc) is 2.90. The first kappa shape index (κ1) is 20.9. The van der Waals surface area contributed by atoms with Crippen molar-refractivity contribution in [1.29, 1.82) is 0 Å². The molecule has 140 valence electrons. The van der Waals surface area contributed by atoms with Crippen LogP contribution in [0.3, 0.4) is 0 Å². The van der Waals surface area contributed by atoms with Crippen LogP contribution in [-0.4, -0.2) is 52.2 Å². The highest BCUT2D eigenvalue weighted by molar-refractivity contribution is 5.87. The summed E-state index contributed by atoms with van der Waals surface area (Å²) in [5.41, 5.74) is 5.55. The van der Waals surface area contributed by atoms with E-state index in [1.807, 2.05) is 5.01 Å². The van der Waals surface area contributed by atoms with Gasteiger partial charge in [0, 0.05) is 19.5 Å². The van der Waals surface area contributed by atoms with Gasteiger partial charge in [-0.1, -0.05) is 52.4 Å². The molecule has 0 bridgehead atoms. The van der Waals surface area contributed by atoms with Crippen molar-refractivity contribution in [2.45, 2.75) is 90.2 Å². The van der Waals surface area contributed by atoms with Crippen molar-refractivity contribution in [2.75, 3.05) is 13.1 Å². The van der Waals surface area contributed by atoms with Crippen LogP contribution in [0.15, 0.2) is 0 Å². The van der Waals surface area contributed by atoms with Crippen LogP contribution in [0.25, 0.3) is 0 Å². The number of unbranched alkanes of at least 4 members (excludes halogenated alkanes) is 4. The first-order chi connectivity index (χ1) is 11.5. The Morgan fingerprint density at radius 2 is 1.75 bits per heavy atom. The third-order valence-electron chi connectivity index (χ3n) is 4.71. The number of rotatable bonds is 13. The Balaban J connectivity index is 2.55. The predicted molar refractivity (Wildman–Crippen MR) is 94.9 cm³/mol. The molecular weight excluding hydrogens is 306 g/mol. The van der Waals surface area contributed by atoms with Gasteiger partial charge in [0.2, 0.25) is 11.8 Å². The molecule has 1 saturated heterocycles.